The summed E-state index contributed by atoms with van der Waals surface area (Å²) in [6.07, 6.45) is 0. The number of hydrogen-bond donors (Lipinski definition) is 1. The van der Waals surface area contributed by atoms with E-state index in [0.29, 0.717) is 229 Å². The smallest absolute Gasteiger partial charge is 0.254 e. The van der Waals surface area contributed by atoms with Crippen molar-refractivity contribution in [3.05, 3.63) is 248 Å². The standard InChI is InChI=1S/C91H115N13O13/c92-85(105)78-18-6-72(7-19-78)66-100(37-31-94-44-56-113-57-45-94)87(107)80-22-10-74(11-23-80)68-102(39-33-96-48-60-115-61-49-96)89(109)82-26-14-76(15-27-82)70-104(41-35-98-52-64-117-65-53-98)91(111)84-28-16-77(17-29-84)71-103(40-34-97-50-62-116-63-51-97)90(110)83-24-12-75(13-25-83)69-101(38-32-95-46-58-114-59-47-95)88(108)81-20-8-73(9-21-81)67-99(36-30-93-42-54-112-55-43-93)86(106)79-4-2-1-3-5-79/h1-29H,30-71H2,(H2,92,105). The number of primary amides is 1. The van der Waals surface area contributed by atoms with Crippen LogP contribution in [0.5, 0.6) is 0 Å². The van der Waals surface area contributed by atoms with Crippen LogP contribution in [0.1, 0.15) is 106 Å². The minimum absolute atomic E-state index is 0.0415. The van der Waals surface area contributed by atoms with Crippen LogP contribution in [0.4, 0.5) is 0 Å². The van der Waals surface area contributed by atoms with E-state index < -0.39 is 5.91 Å². The van der Waals surface area contributed by atoms with Crippen molar-refractivity contribution in [3.63, 3.8) is 0 Å². The number of carbonyl (C=O) groups excluding carboxylic acids is 7. The zero-order valence-electron chi connectivity index (χ0n) is 67.7. The van der Waals surface area contributed by atoms with Crippen molar-refractivity contribution >= 4 is 41.4 Å². The number of rotatable bonds is 37. The van der Waals surface area contributed by atoms with Crippen LogP contribution in [-0.4, -0.2) is 337 Å². The number of morpholine rings is 6. The highest BCUT2D eigenvalue weighted by molar-refractivity contribution is 5.98. The lowest BCUT2D eigenvalue weighted by Crippen LogP contribution is -2.43. The zero-order valence-corrected chi connectivity index (χ0v) is 67.7. The predicted octanol–water partition coefficient (Wildman–Crippen LogP) is 6.63. The maximum absolute atomic E-state index is 15.0. The molecule has 0 aliphatic carbocycles. The van der Waals surface area contributed by atoms with Crippen LogP contribution >= 0.6 is 0 Å². The van der Waals surface area contributed by atoms with Crippen LogP contribution in [0.3, 0.4) is 0 Å². The molecule has 0 atom stereocenters. The Bertz CT molecular complexity index is 4280. The van der Waals surface area contributed by atoms with Crippen molar-refractivity contribution in [1.29, 1.82) is 0 Å². The van der Waals surface area contributed by atoms with Crippen molar-refractivity contribution in [2.75, 3.05) is 236 Å². The third kappa shape index (κ3) is 25.7. The van der Waals surface area contributed by atoms with Crippen molar-refractivity contribution in [2.45, 2.75) is 39.3 Å². The first kappa shape index (κ1) is 85.2. The molecule has 7 amide bonds. The molecule has 6 fully saturated rings. The van der Waals surface area contributed by atoms with E-state index in [0.717, 1.165) is 118 Å². The summed E-state index contributed by atoms with van der Waals surface area (Å²) in [6, 6.07) is 54.3. The Hall–Kier alpha value is -9.65. The average Bonchev–Trinajstić information content (AvgIpc) is 0.836. The molecule has 0 unspecified atom stereocenters. The summed E-state index contributed by atoms with van der Waals surface area (Å²) in [5.74, 6) is -1.20. The van der Waals surface area contributed by atoms with Crippen molar-refractivity contribution in [3.8, 4) is 0 Å². The van der Waals surface area contributed by atoms with Gasteiger partial charge in [-0.15, -0.1) is 0 Å². The monoisotopic (exact) mass is 1600 g/mol. The predicted molar refractivity (Wildman–Crippen MR) is 446 cm³/mol. The number of nitrogens with zero attached hydrogens (tertiary/aromatic N) is 12. The van der Waals surface area contributed by atoms with E-state index in [-0.39, 0.29) is 35.4 Å². The Morgan fingerprint density at radius 1 is 0.222 bits per heavy atom. The van der Waals surface area contributed by atoms with Gasteiger partial charge in [0.05, 0.1) is 79.3 Å². The van der Waals surface area contributed by atoms with Gasteiger partial charge in [0.2, 0.25) is 5.91 Å². The second-order valence-electron chi connectivity index (χ2n) is 31.0. The molecule has 0 radical (unpaired) electrons. The van der Waals surface area contributed by atoms with Gasteiger partial charge in [0, 0.05) is 235 Å². The van der Waals surface area contributed by atoms with Gasteiger partial charge in [-0.05, 0) is 118 Å². The summed E-state index contributed by atoms with van der Waals surface area (Å²) in [4.78, 5) is 125. The fraction of sp³-hybridized carbons (Fsp3) is 0.462. The molecule has 0 spiro atoms. The second-order valence-corrected chi connectivity index (χ2v) is 31.0. The van der Waals surface area contributed by atoms with Crippen molar-refractivity contribution in [2.24, 2.45) is 5.73 Å². The molecule has 622 valence electrons. The largest absolute Gasteiger partial charge is 0.379 e. The molecule has 2 N–H and O–H groups in total. The Labute approximate surface area is 688 Å². The van der Waals surface area contributed by atoms with E-state index in [2.05, 4.69) is 29.4 Å². The lowest BCUT2D eigenvalue weighted by atomic mass is 10.1. The van der Waals surface area contributed by atoms with E-state index >= 15 is 0 Å². The number of carbonyl (C=O) groups is 7. The molecule has 0 aromatic heterocycles. The molecule has 6 aliphatic rings. The molecule has 117 heavy (non-hydrogen) atoms. The van der Waals surface area contributed by atoms with Gasteiger partial charge in [0.15, 0.2) is 0 Å². The van der Waals surface area contributed by atoms with Crippen LogP contribution in [0.2, 0.25) is 0 Å². The van der Waals surface area contributed by atoms with Gasteiger partial charge in [0.25, 0.3) is 35.4 Å². The summed E-state index contributed by atoms with van der Waals surface area (Å²) in [6.45, 7) is 26.0. The molecule has 6 aliphatic heterocycles. The quantitative estimate of drug-likeness (QED) is 0.0430. The summed E-state index contributed by atoms with van der Waals surface area (Å²) in [7, 11) is 0. The molecule has 13 rings (SSSR count). The van der Waals surface area contributed by atoms with Gasteiger partial charge in [-0.2, -0.15) is 0 Å². The van der Waals surface area contributed by atoms with Crippen LogP contribution in [0.15, 0.2) is 176 Å². The summed E-state index contributed by atoms with van der Waals surface area (Å²) in [5.41, 5.74) is 14.5. The summed E-state index contributed by atoms with van der Waals surface area (Å²) in [5, 5.41) is 0. The van der Waals surface area contributed by atoms with Gasteiger partial charge < -0.3 is 63.6 Å². The summed E-state index contributed by atoms with van der Waals surface area (Å²) >= 11 is 0. The molecule has 26 nitrogen and oxygen atoms in total. The number of nitrogens with two attached hydrogens (primary N) is 1. The third-order valence-corrected chi connectivity index (χ3v) is 23.0. The summed E-state index contributed by atoms with van der Waals surface area (Å²) < 4.78 is 33.9. The first-order chi connectivity index (χ1) is 57.3. The van der Waals surface area contributed by atoms with E-state index in [1.165, 1.54) is 0 Å². The molecule has 6 heterocycles. The van der Waals surface area contributed by atoms with Gasteiger partial charge in [-0.25, -0.2) is 0 Å². The number of amides is 7. The highest BCUT2D eigenvalue weighted by Crippen LogP contribution is 2.23. The maximum atomic E-state index is 15.0. The first-order valence-corrected chi connectivity index (χ1v) is 41.7. The van der Waals surface area contributed by atoms with Crippen LogP contribution in [-0.2, 0) is 67.7 Å². The maximum Gasteiger partial charge on any atom is 0.254 e. The number of hydrogen-bond acceptors (Lipinski definition) is 19. The van der Waals surface area contributed by atoms with Crippen molar-refractivity contribution < 1.29 is 62.0 Å². The Balaban J connectivity index is 0.668. The Morgan fingerprint density at radius 2 is 0.376 bits per heavy atom. The highest BCUT2D eigenvalue weighted by Gasteiger charge is 2.28. The average molecular weight is 1600 g/mol. The number of benzene rings is 7. The normalized spacial score (nSPS) is 16.9. The van der Waals surface area contributed by atoms with E-state index in [9.17, 15) is 33.6 Å². The Morgan fingerprint density at radius 3 is 0.538 bits per heavy atom. The fourth-order valence-corrected chi connectivity index (χ4v) is 15.6. The van der Waals surface area contributed by atoms with Gasteiger partial charge in [-0.1, -0.05) is 91.0 Å². The van der Waals surface area contributed by atoms with E-state index in [4.69, 9.17) is 34.2 Å². The minimum atomic E-state index is -0.511. The SMILES string of the molecule is NC(=O)c1ccc(CN(CCN2CCOCC2)C(=O)c2ccc(CN(CCN3CCOCC3)C(=O)c3ccc(CN(CCN4CCOCC4)C(=O)c4ccc(CN(CCN5CCOCC5)C(=O)c5ccc(CN(CCN6CCOCC6)C(=O)c6ccc(CN(CCN7CCOCC7)C(=O)c7ccccc7)cc6)cc5)cc4)cc3)cc2)cc1. The second kappa shape index (κ2) is 44.2. The van der Waals surface area contributed by atoms with E-state index in [1.54, 1.807) is 12.1 Å². The number of ether oxygens (including phenoxy) is 6. The van der Waals surface area contributed by atoms with Gasteiger partial charge in [-0.3, -0.25) is 63.0 Å². The van der Waals surface area contributed by atoms with Gasteiger partial charge >= 0.3 is 0 Å². The zero-order chi connectivity index (χ0) is 80.9. The van der Waals surface area contributed by atoms with Crippen LogP contribution in [0.25, 0.3) is 0 Å². The molecule has 7 aromatic carbocycles. The molecule has 0 bridgehead atoms. The molecular formula is C91H115N13O13. The lowest BCUT2D eigenvalue weighted by Gasteiger charge is -2.31. The van der Waals surface area contributed by atoms with Crippen LogP contribution < -0.4 is 5.73 Å². The first-order valence-electron chi connectivity index (χ1n) is 41.7. The Kier molecular flexibility index (Phi) is 32.2. The van der Waals surface area contributed by atoms with E-state index in [1.807, 2.05) is 193 Å². The van der Waals surface area contributed by atoms with Gasteiger partial charge in [0.1, 0.15) is 0 Å². The molecule has 0 saturated carbocycles. The van der Waals surface area contributed by atoms with Crippen molar-refractivity contribution in [1.82, 2.24) is 58.8 Å². The third-order valence-electron chi connectivity index (χ3n) is 23.0. The molecule has 6 saturated heterocycles. The molecule has 7 aromatic rings. The van der Waals surface area contributed by atoms with Crippen LogP contribution in [0, 0.1) is 0 Å². The fourth-order valence-electron chi connectivity index (χ4n) is 15.6. The lowest BCUT2D eigenvalue weighted by molar-refractivity contribution is 0.0317. The highest BCUT2D eigenvalue weighted by atomic mass is 16.5. The minimum Gasteiger partial charge on any atom is -0.379 e. The topological polar surface area (TPSA) is 240 Å². The molecular weight excluding hydrogens is 1480 g/mol. The molecule has 26 heteroatoms.